The van der Waals surface area contributed by atoms with Crippen LogP contribution in [0.5, 0.6) is 11.5 Å². The van der Waals surface area contributed by atoms with Crippen LogP contribution in [0.15, 0.2) is 48.5 Å². The third-order valence-electron chi connectivity index (χ3n) is 3.72. The third-order valence-corrected chi connectivity index (χ3v) is 5.37. The van der Waals surface area contributed by atoms with Gasteiger partial charge in [-0.2, -0.15) is 0 Å². The van der Waals surface area contributed by atoms with Crippen molar-refractivity contribution in [2.24, 2.45) is 0 Å². The van der Waals surface area contributed by atoms with Crippen LogP contribution in [0, 0.1) is 0 Å². The summed E-state index contributed by atoms with van der Waals surface area (Å²) in [6.07, 6.45) is 1.05. The Morgan fingerprint density at radius 1 is 0.696 bits per heavy atom. The van der Waals surface area contributed by atoms with Crippen LogP contribution >= 0.6 is 0 Å². The van der Waals surface area contributed by atoms with Gasteiger partial charge in [-0.3, -0.25) is 0 Å². The highest BCUT2D eigenvalue weighted by Crippen LogP contribution is 2.14. The van der Waals surface area contributed by atoms with Crippen molar-refractivity contribution in [1.82, 2.24) is 0 Å². The van der Waals surface area contributed by atoms with Gasteiger partial charge in [0.1, 0.15) is 11.5 Å². The normalized spacial score (nSPS) is 11.2. The molecule has 124 valence electrons. The Labute approximate surface area is 138 Å². The summed E-state index contributed by atoms with van der Waals surface area (Å²) in [6, 6.07) is 15.0. The molecule has 2 aromatic rings. The van der Waals surface area contributed by atoms with E-state index in [4.69, 9.17) is 9.47 Å². The summed E-state index contributed by atoms with van der Waals surface area (Å²) >= 11 is 0. The lowest BCUT2D eigenvalue weighted by Crippen LogP contribution is -2.14. The Morgan fingerprint density at radius 2 is 1.04 bits per heavy atom. The van der Waals surface area contributed by atoms with E-state index in [1.165, 1.54) is 0 Å². The minimum absolute atomic E-state index is 0.162. The molecule has 0 saturated heterocycles. The molecule has 0 aliphatic carbocycles. The molecule has 0 spiro atoms. The summed E-state index contributed by atoms with van der Waals surface area (Å²) in [6.45, 7) is 0. The van der Waals surface area contributed by atoms with E-state index in [2.05, 4.69) is 0 Å². The highest BCUT2D eigenvalue weighted by molar-refractivity contribution is 7.91. The lowest BCUT2D eigenvalue weighted by atomic mass is 10.2. The Kier molecular flexibility index (Phi) is 6.04. The molecule has 0 bridgehead atoms. The number of hydrogen-bond acceptors (Lipinski definition) is 4. The van der Waals surface area contributed by atoms with Crippen molar-refractivity contribution in [3.8, 4) is 11.5 Å². The molecule has 0 aromatic heterocycles. The van der Waals surface area contributed by atoms with Crippen LogP contribution in [0.2, 0.25) is 0 Å². The van der Waals surface area contributed by atoms with Gasteiger partial charge < -0.3 is 9.47 Å². The highest BCUT2D eigenvalue weighted by Gasteiger charge is 2.11. The monoisotopic (exact) mass is 334 g/mol. The summed E-state index contributed by atoms with van der Waals surface area (Å²) < 4.78 is 34.5. The smallest absolute Gasteiger partial charge is 0.150 e. The molecule has 4 nitrogen and oxygen atoms in total. The van der Waals surface area contributed by atoms with Crippen LogP contribution < -0.4 is 9.47 Å². The average Bonchev–Trinajstić information content (AvgIpc) is 2.59. The van der Waals surface area contributed by atoms with E-state index in [0.29, 0.717) is 12.8 Å². The molecule has 5 heteroatoms. The molecule has 0 unspecified atom stereocenters. The first kappa shape index (κ1) is 17.3. The Balaban J connectivity index is 1.85. The fourth-order valence-electron chi connectivity index (χ4n) is 2.23. The van der Waals surface area contributed by atoms with Gasteiger partial charge in [0.15, 0.2) is 9.84 Å². The summed E-state index contributed by atoms with van der Waals surface area (Å²) in [7, 11) is 0.148. The zero-order valence-corrected chi connectivity index (χ0v) is 14.3. The van der Waals surface area contributed by atoms with Gasteiger partial charge in [0.05, 0.1) is 25.7 Å². The van der Waals surface area contributed by atoms with E-state index in [1.807, 2.05) is 48.5 Å². The second-order valence-electron chi connectivity index (χ2n) is 5.35. The van der Waals surface area contributed by atoms with E-state index in [9.17, 15) is 8.42 Å². The lowest BCUT2D eigenvalue weighted by molar-refractivity contribution is 0.414. The molecule has 0 aliphatic heterocycles. The van der Waals surface area contributed by atoms with E-state index < -0.39 is 9.84 Å². The molecule has 0 N–H and O–H groups in total. The van der Waals surface area contributed by atoms with E-state index in [0.717, 1.165) is 22.6 Å². The summed E-state index contributed by atoms with van der Waals surface area (Å²) in [5.74, 6) is 1.87. The molecule has 0 fully saturated rings. The van der Waals surface area contributed by atoms with Crippen LogP contribution in [-0.2, 0) is 22.7 Å². The van der Waals surface area contributed by atoms with Crippen molar-refractivity contribution in [2.45, 2.75) is 12.8 Å². The maximum atomic E-state index is 12.2. The van der Waals surface area contributed by atoms with Crippen LogP contribution in [0.4, 0.5) is 0 Å². The first-order chi connectivity index (χ1) is 11.0. The molecule has 0 saturated carbocycles. The van der Waals surface area contributed by atoms with Crippen molar-refractivity contribution in [3.63, 3.8) is 0 Å². The zero-order valence-electron chi connectivity index (χ0n) is 13.5. The zero-order chi connectivity index (χ0) is 16.7. The van der Waals surface area contributed by atoms with Gasteiger partial charge in [-0.25, -0.2) is 8.42 Å². The Bertz CT molecular complexity index is 646. The van der Waals surface area contributed by atoms with Gasteiger partial charge in [0.25, 0.3) is 0 Å². The third kappa shape index (κ3) is 5.60. The van der Waals surface area contributed by atoms with Crippen molar-refractivity contribution in [2.75, 3.05) is 25.7 Å². The second kappa shape index (κ2) is 8.02. The first-order valence-corrected chi connectivity index (χ1v) is 9.31. The molecule has 0 aliphatic rings. The summed E-state index contributed by atoms with van der Waals surface area (Å²) in [4.78, 5) is 0. The van der Waals surface area contributed by atoms with Crippen molar-refractivity contribution in [3.05, 3.63) is 59.7 Å². The fourth-order valence-corrected chi connectivity index (χ4v) is 3.53. The second-order valence-corrected chi connectivity index (χ2v) is 7.65. The standard InChI is InChI=1S/C18H22O4S/c1-21-17-7-3-15(4-8-17)11-13-23(19,20)14-12-16-5-9-18(22-2)10-6-16/h3-10H,11-14H2,1-2H3. The van der Waals surface area contributed by atoms with Gasteiger partial charge in [-0.15, -0.1) is 0 Å². The fraction of sp³-hybridized carbons (Fsp3) is 0.333. The number of rotatable bonds is 8. The number of sulfone groups is 1. The molecule has 0 atom stereocenters. The number of hydrogen-bond donors (Lipinski definition) is 0. The van der Waals surface area contributed by atoms with E-state index in [-0.39, 0.29) is 11.5 Å². The van der Waals surface area contributed by atoms with Crippen LogP contribution in [0.3, 0.4) is 0 Å². The number of methoxy groups -OCH3 is 2. The molecule has 2 aromatic carbocycles. The van der Waals surface area contributed by atoms with E-state index in [1.54, 1.807) is 14.2 Å². The largest absolute Gasteiger partial charge is 0.497 e. The molecule has 0 radical (unpaired) electrons. The van der Waals surface area contributed by atoms with Gasteiger partial charge >= 0.3 is 0 Å². The van der Waals surface area contributed by atoms with Gasteiger partial charge in [-0.05, 0) is 48.2 Å². The molecule has 0 amide bonds. The molecule has 0 heterocycles. The van der Waals surface area contributed by atoms with Crippen molar-refractivity contribution < 1.29 is 17.9 Å². The number of benzene rings is 2. The summed E-state index contributed by atoms with van der Waals surface area (Å²) in [5.41, 5.74) is 2.00. The quantitative estimate of drug-likeness (QED) is 0.745. The number of aryl methyl sites for hydroxylation is 2. The SMILES string of the molecule is COc1ccc(CCS(=O)(=O)CCc2ccc(OC)cc2)cc1. The maximum absolute atomic E-state index is 12.2. The van der Waals surface area contributed by atoms with E-state index >= 15 is 0 Å². The lowest BCUT2D eigenvalue weighted by Gasteiger charge is -2.07. The Morgan fingerprint density at radius 3 is 1.35 bits per heavy atom. The summed E-state index contributed by atoms with van der Waals surface area (Å²) in [5, 5.41) is 0. The van der Waals surface area contributed by atoms with Crippen LogP contribution in [0.25, 0.3) is 0 Å². The molecular formula is C18H22O4S. The predicted octanol–water partition coefficient (Wildman–Crippen LogP) is 2.90. The van der Waals surface area contributed by atoms with Gasteiger partial charge in [-0.1, -0.05) is 24.3 Å². The van der Waals surface area contributed by atoms with Gasteiger partial charge in [0, 0.05) is 0 Å². The highest BCUT2D eigenvalue weighted by atomic mass is 32.2. The molecular weight excluding hydrogens is 312 g/mol. The predicted molar refractivity (Wildman–Crippen MR) is 92.0 cm³/mol. The van der Waals surface area contributed by atoms with Crippen LogP contribution in [-0.4, -0.2) is 34.1 Å². The van der Waals surface area contributed by atoms with Gasteiger partial charge in [0.2, 0.25) is 0 Å². The maximum Gasteiger partial charge on any atom is 0.150 e. The van der Waals surface area contributed by atoms with Crippen molar-refractivity contribution >= 4 is 9.84 Å². The average molecular weight is 334 g/mol. The first-order valence-electron chi connectivity index (χ1n) is 7.49. The Hall–Kier alpha value is -2.01. The number of ether oxygens (including phenoxy) is 2. The molecule has 23 heavy (non-hydrogen) atoms. The van der Waals surface area contributed by atoms with Crippen LogP contribution in [0.1, 0.15) is 11.1 Å². The molecule has 2 rings (SSSR count). The van der Waals surface area contributed by atoms with Crippen molar-refractivity contribution in [1.29, 1.82) is 0 Å². The minimum Gasteiger partial charge on any atom is -0.497 e. The topological polar surface area (TPSA) is 52.6 Å². The minimum atomic E-state index is -3.07.